The number of aryl methyl sites for hydroxylation is 1. The zero-order valence-corrected chi connectivity index (χ0v) is 19.6. The topological polar surface area (TPSA) is 61.5 Å². The van der Waals surface area contributed by atoms with E-state index in [-0.39, 0.29) is 17.8 Å². The molecule has 4 aromatic rings. The Hall–Kier alpha value is -3.16. The van der Waals surface area contributed by atoms with E-state index in [2.05, 4.69) is 45.3 Å². The van der Waals surface area contributed by atoms with Crippen molar-refractivity contribution < 1.29 is 9.52 Å². The predicted molar refractivity (Wildman–Crippen MR) is 133 cm³/mol. The molecule has 0 radical (unpaired) electrons. The Kier molecular flexibility index (Phi) is 5.45. The highest BCUT2D eigenvalue weighted by Crippen LogP contribution is 2.43. The van der Waals surface area contributed by atoms with Gasteiger partial charge in [0.2, 0.25) is 0 Å². The fourth-order valence-electron chi connectivity index (χ4n) is 4.01. The molecule has 0 spiro atoms. The molecule has 3 heterocycles. The minimum absolute atomic E-state index is 0.196. The highest BCUT2D eigenvalue weighted by atomic mass is 79.9. The number of anilines is 1. The van der Waals surface area contributed by atoms with Crippen LogP contribution in [0.3, 0.4) is 0 Å². The molecule has 5 rings (SSSR count). The maximum absolute atomic E-state index is 9.75. The van der Waals surface area contributed by atoms with E-state index in [4.69, 9.17) is 16.6 Å². The predicted octanol–water partition coefficient (Wildman–Crippen LogP) is 6.30. The van der Waals surface area contributed by atoms with Gasteiger partial charge in [0.15, 0.2) is 5.11 Å². The number of pyridine rings is 1. The molecule has 1 aliphatic heterocycles. The average Bonchev–Trinajstić information content (AvgIpc) is 3.39. The van der Waals surface area contributed by atoms with Crippen molar-refractivity contribution in [2.24, 2.45) is 0 Å². The summed E-state index contributed by atoms with van der Waals surface area (Å²) in [4.78, 5) is 6.58. The number of rotatable bonds is 4. The van der Waals surface area contributed by atoms with Gasteiger partial charge in [0.1, 0.15) is 23.3 Å². The smallest absolute Gasteiger partial charge is 0.174 e. The molecule has 0 bridgehead atoms. The van der Waals surface area contributed by atoms with E-state index in [0.29, 0.717) is 5.11 Å². The lowest BCUT2D eigenvalue weighted by Crippen LogP contribution is -2.29. The minimum Gasteiger partial charge on any atom is -0.508 e. The summed E-state index contributed by atoms with van der Waals surface area (Å²) in [5.74, 6) is 1.74. The summed E-state index contributed by atoms with van der Waals surface area (Å²) in [5.41, 5.74) is 3.89. The van der Waals surface area contributed by atoms with Gasteiger partial charge in [0.25, 0.3) is 0 Å². The molecule has 160 valence electrons. The number of furan rings is 1. The Labute approximate surface area is 199 Å². The summed E-state index contributed by atoms with van der Waals surface area (Å²) >= 11 is 9.37. The standard InChI is InChI=1S/C25H20BrN3O2S/c1-15-5-10-18(19(26)14-15)21-11-12-22(31-21)24-23(20-4-2-3-13-27-20)28-25(32)29(24)16-6-8-17(30)9-7-16/h2-14,23-24,30H,1H3,(H,28,32)/t23-,24-/m0/s1. The first-order chi connectivity index (χ1) is 15.5. The molecule has 1 aliphatic rings. The van der Waals surface area contributed by atoms with E-state index in [1.165, 1.54) is 5.56 Å². The third-order valence-electron chi connectivity index (χ3n) is 5.53. The minimum atomic E-state index is -0.250. The van der Waals surface area contributed by atoms with Gasteiger partial charge in [-0.1, -0.05) is 28.1 Å². The molecule has 0 amide bonds. The number of nitrogens with zero attached hydrogens (tertiary/aromatic N) is 2. The molecule has 1 fully saturated rings. The fraction of sp³-hybridized carbons (Fsp3) is 0.120. The Morgan fingerprint density at radius 2 is 1.88 bits per heavy atom. The van der Waals surface area contributed by atoms with Crippen LogP contribution in [0.15, 0.2) is 87.9 Å². The van der Waals surface area contributed by atoms with Crippen LogP contribution in [-0.4, -0.2) is 15.2 Å². The van der Waals surface area contributed by atoms with E-state index in [1.807, 2.05) is 53.4 Å². The van der Waals surface area contributed by atoms with Gasteiger partial charge in [-0.3, -0.25) is 4.98 Å². The second kappa shape index (κ2) is 8.41. The molecule has 1 saturated heterocycles. The van der Waals surface area contributed by atoms with Crippen molar-refractivity contribution in [3.8, 4) is 17.1 Å². The summed E-state index contributed by atoms with van der Waals surface area (Å²) in [6.45, 7) is 2.06. The van der Waals surface area contributed by atoms with Crippen molar-refractivity contribution in [3.05, 3.63) is 100 Å². The van der Waals surface area contributed by atoms with Crippen molar-refractivity contribution in [2.45, 2.75) is 19.0 Å². The van der Waals surface area contributed by atoms with Crippen LogP contribution in [0.25, 0.3) is 11.3 Å². The highest BCUT2D eigenvalue weighted by molar-refractivity contribution is 9.10. The Morgan fingerprint density at radius 1 is 1.06 bits per heavy atom. The van der Waals surface area contributed by atoms with Gasteiger partial charge in [0, 0.05) is 21.9 Å². The van der Waals surface area contributed by atoms with Crippen LogP contribution < -0.4 is 10.2 Å². The van der Waals surface area contributed by atoms with E-state index >= 15 is 0 Å². The summed E-state index contributed by atoms with van der Waals surface area (Å²) in [5, 5.41) is 13.7. The number of aromatic nitrogens is 1. The zero-order valence-electron chi connectivity index (χ0n) is 17.2. The summed E-state index contributed by atoms with van der Waals surface area (Å²) in [7, 11) is 0. The van der Waals surface area contributed by atoms with Crippen molar-refractivity contribution in [2.75, 3.05) is 4.90 Å². The first-order valence-corrected chi connectivity index (χ1v) is 11.4. The second-order valence-corrected chi connectivity index (χ2v) is 8.94. The molecule has 32 heavy (non-hydrogen) atoms. The van der Waals surface area contributed by atoms with E-state index in [9.17, 15) is 5.11 Å². The molecule has 2 N–H and O–H groups in total. The van der Waals surface area contributed by atoms with E-state index in [0.717, 1.165) is 32.9 Å². The number of hydrogen-bond acceptors (Lipinski definition) is 4. The number of nitrogens with one attached hydrogen (secondary N) is 1. The van der Waals surface area contributed by atoms with Gasteiger partial charge < -0.3 is 19.7 Å². The molecular weight excluding hydrogens is 486 g/mol. The first kappa shape index (κ1) is 20.7. The van der Waals surface area contributed by atoms with Gasteiger partial charge in [-0.05, 0) is 85.4 Å². The van der Waals surface area contributed by atoms with Crippen molar-refractivity contribution in [3.63, 3.8) is 0 Å². The van der Waals surface area contributed by atoms with Crippen LogP contribution in [0, 0.1) is 6.92 Å². The number of thiocarbonyl (C=S) groups is 1. The summed E-state index contributed by atoms with van der Waals surface area (Å²) < 4.78 is 7.38. The van der Waals surface area contributed by atoms with E-state index in [1.54, 1.807) is 18.3 Å². The average molecular weight is 506 g/mol. The van der Waals surface area contributed by atoms with Crippen LogP contribution in [0.4, 0.5) is 5.69 Å². The largest absolute Gasteiger partial charge is 0.508 e. The zero-order chi connectivity index (χ0) is 22.2. The molecule has 0 saturated carbocycles. The normalized spacial score (nSPS) is 18.1. The van der Waals surface area contributed by atoms with E-state index < -0.39 is 0 Å². The lowest BCUT2D eigenvalue weighted by atomic mass is 10.0. The van der Waals surface area contributed by atoms with Crippen LogP contribution in [-0.2, 0) is 0 Å². The maximum Gasteiger partial charge on any atom is 0.174 e. The summed E-state index contributed by atoms with van der Waals surface area (Å²) in [6, 6.07) is 22.5. The van der Waals surface area contributed by atoms with Gasteiger partial charge >= 0.3 is 0 Å². The lowest BCUT2D eigenvalue weighted by Gasteiger charge is -2.26. The molecule has 2 aromatic heterocycles. The van der Waals surface area contributed by atoms with Crippen molar-refractivity contribution in [1.29, 1.82) is 0 Å². The Balaban J connectivity index is 1.60. The van der Waals surface area contributed by atoms with Crippen molar-refractivity contribution in [1.82, 2.24) is 10.3 Å². The molecule has 7 heteroatoms. The highest BCUT2D eigenvalue weighted by Gasteiger charge is 2.42. The molecule has 0 unspecified atom stereocenters. The van der Waals surface area contributed by atoms with Gasteiger partial charge in [-0.2, -0.15) is 0 Å². The second-order valence-electron chi connectivity index (χ2n) is 7.70. The van der Waals surface area contributed by atoms with Crippen LogP contribution in [0.1, 0.15) is 29.1 Å². The maximum atomic E-state index is 9.75. The number of hydrogen-bond donors (Lipinski definition) is 2. The third kappa shape index (κ3) is 3.78. The Bertz CT molecular complexity index is 1270. The monoisotopic (exact) mass is 505 g/mol. The fourth-order valence-corrected chi connectivity index (χ4v) is 5.05. The van der Waals surface area contributed by atoms with Crippen molar-refractivity contribution >= 4 is 38.9 Å². The van der Waals surface area contributed by atoms with Gasteiger partial charge in [-0.15, -0.1) is 0 Å². The van der Waals surface area contributed by atoms with Crippen LogP contribution in [0.2, 0.25) is 0 Å². The number of halogens is 1. The van der Waals surface area contributed by atoms with Gasteiger partial charge in [0.05, 0.1) is 11.7 Å². The Morgan fingerprint density at radius 3 is 2.59 bits per heavy atom. The van der Waals surface area contributed by atoms with Crippen LogP contribution >= 0.6 is 28.1 Å². The summed E-state index contributed by atoms with van der Waals surface area (Å²) in [6.07, 6.45) is 1.78. The molecular formula is C25H20BrN3O2S. The number of aromatic hydroxyl groups is 1. The molecule has 5 nitrogen and oxygen atoms in total. The SMILES string of the molecule is Cc1ccc(-c2ccc([C@H]3[C@H](c4ccccn4)NC(=S)N3c3ccc(O)cc3)o2)c(Br)c1. The lowest BCUT2D eigenvalue weighted by molar-refractivity contribution is 0.439. The molecule has 2 atom stereocenters. The molecule has 0 aliphatic carbocycles. The van der Waals surface area contributed by atoms with Crippen LogP contribution in [0.5, 0.6) is 5.75 Å². The number of phenolic OH excluding ortho intramolecular Hbond substituents is 1. The third-order valence-corrected chi connectivity index (χ3v) is 6.50. The quantitative estimate of drug-likeness (QED) is 0.317. The molecule has 2 aromatic carbocycles. The first-order valence-electron chi connectivity index (χ1n) is 10.2. The number of phenols is 1. The van der Waals surface area contributed by atoms with Gasteiger partial charge in [-0.25, -0.2) is 0 Å². The number of benzene rings is 2.